The van der Waals surface area contributed by atoms with Crippen LogP contribution >= 0.6 is 0 Å². The summed E-state index contributed by atoms with van der Waals surface area (Å²) in [6.07, 6.45) is 4.75. The molecule has 0 radical (unpaired) electrons. The van der Waals surface area contributed by atoms with Gasteiger partial charge in [-0.2, -0.15) is 0 Å². The standard InChI is InChI=1S/C18H23N3O/c1-2-12-20-18(22)17-11-10-16(14-21-17)19-13-6-9-15-7-4-3-5-8-15/h3-5,7-8,10-11,14,19H,2,6,9,12-13H2,1H3,(H,20,22). The van der Waals surface area contributed by atoms with Crippen LogP contribution in [0.15, 0.2) is 48.7 Å². The summed E-state index contributed by atoms with van der Waals surface area (Å²) in [5, 5.41) is 6.15. The van der Waals surface area contributed by atoms with Gasteiger partial charge in [-0.1, -0.05) is 37.3 Å². The monoisotopic (exact) mass is 297 g/mol. The third-order valence-corrected chi connectivity index (χ3v) is 3.35. The maximum Gasteiger partial charge on any atom is 0.269 e. The van der Waals surface area contributed by atoms with Gasteiger partial charge in [0.25, 0.3) is 5.91 Å². The van der Waals surface area contributed by atoms with Crippen LogP contribution in [0.3, 0.4) is 0 Å². The fraction of sp³-hybridized carbons (Fsp3) is 0.333. The number of anilines is 1. The van der Waals surface area contributed by atoms with Crippen molar-refractivity contribution in [2.24, 2.45) is 0 Å². The van der Waals surface area contributed by atoms with Crippen molar-refractivity contribution < 1.29 is 4.79 Å². The molecule has 0 aliphatic rings. The van der Waals surface area contributed by atoms with Crippen LogP contribution in [0.4, 0.5) is 5.69 Å². The van der Waals surface area contributed by atoms with Crippen LogP contribution in [-0.4, -0.2) is 24.0 Å². The third-order valence-electron chi connectivity index (χ3n) is 3.35. The topological polar surface area (TPSA) is 54.0 Å². The van der Waals surface area contributed by atoms with Crippen molar-refractivity contribution in [2.75, 3.05) is 18.4 Å². The number of hydrogen-bond donors (Lipinski definition) is 2. The lowest BCUT2D eigenvalue weighted by Crippen LogP contribution is -2.24. The Kier molecular flexibility index (Phi) is 6.42. The lowest BCUT2D eigenvalue weighted by atomic mass is 10.1. The third kappa shape index (κ3) is 5.20. The second-order valence-electron chi connectivity index (χ2n) is 5.20. The summed E-state index contributed by atoms with van der Waals surface area (Å²) in [6.45, 7) is 3.59. The largest absolute Gasteiger partial charge is 0.384 e. The molecule has 2 rings (SSSR count). The van der Waals surface area contributed by atoms with Crippen molar-refractivity contribution in [3.05, 3.63) is 59.9 Å². The molecule has 116 valence electrons. The normalized spacial score (nSPS) is 10.2. The smallest absolute Gasteiger partial charge is 0.269 e. The number of aryl methyl sites for hydroxylation is 1. The number of carbonyl (C=O) groups is 1. The molecule has 0 fully saturated rings. The zero-order valence-corrected chi connectivity index (χ0v) is 13.0. The lowest BCUT2D eigenvalue weighted by molar-refractivity contribution is 0.0949. The van der Waals surface area contributed by atoms with Crippen LogP contribution in [0.2, 0.25) is 0 Å². The van der Waals surface area contributed by atoms with Crippen LogP contribution in [0, 0.1) is 0 Å². The van der Waals surface area contributed by atoms with E-state index in [9.17, 15) is 4.79 Å². The Morgan fingerprint density at radius 3 is 2.59 bits per heavy atom. The molecule has 1 aromatic heterocycles. The molecule has 22 heavy (non-hydrogen) atoms. The van der Waals surface area contributed by atoms with Gasteiger partial charge < -0.3 is 10.6 Å². The molecule has 4 heteroatoms. The summed E-state index contributed by atoms with van der Waals surface area (Å²) in [4.78, 5) is 15.9. The Morgan fingerprint density at radius 1 is 1.09 bits per heavy atom. The van der Waals surface area contributed by atoms with Crippen molar-refractivity contribution in [1.29, 1.82) is 0 Å². The molecule has 2 aromatic rings. The van der Waals surface area contributed by atoms with E-state index in [1.807, 2.05) is 19.1 Å². The molecule has 0 spiro atoms. The maximum atomic E-state index is 11.7. The van der Waals surface area contributed by atoms with E-state index in [-0.39, 0.29) is 5.91 Å². The van der Waals surface area contributed by atoms with Crippen LogP contribution < -0.4 is 10.6 Å². The minimum Gasteiger partial charge on any atom is -0.384 e. The van der Waals surface area contributed by atoms with Gasteiger partial charge in [0.1, 0.15) is 5.69 Å². The molecule has 1 aromatic carbocycles. The molecule has 1 heterocycles. The van der Waals surface area contributed by atoms with E-state index in [1.165, 1.54) is 5.56 Å². The van der Waals surface area contributed by atoms with Gasteiger partial charge in [-0.3, -0.25) is 4.79 Å². The minimum absolute atomic E-state index is 0.113. The number of carbonyl (C=O) groups excluding carboxylic acids is 1. The molecule has 0 atom stereocenters. The second-order valence-corrected chi connectivity index (χ2v) is 5.20. The van der Waals surface area contributed by atoms with Crippen LogP contribution in [0.5, 0.6) is 0 Å². The molecule has 0 saturated carbocycles. The summed E-state index contributed by atoms with van der Waals surface area (Å²) in [6, 6.07) is 14.1. The Bertz CT molecular complexity index is 567. The van der Waals surface area contributed by atoms with Gasteiger partial charge in [-0.25, -0.2) is 4.98 Å². The zero-order chi connectivity index (χ0) is 15.6. The van der Waals surface area contributed by atoms with E-state index in [0.29, 0.717) is 12.2 Å². The van der Waals surface area contributed by atoms with Crippen LogP contribution in [0.25, 0.3) is 0 Å². The highest BCUT2D eigenvalue weighted by Crippen LogP contribution is 2.07. The highest BCUT2D eigenvalue weighted by atomic mass is 16.1. The van der Waals surface area contributed by atoms with Crippen molar-refractivity contribution in [1.82, 2.24) is 10.3 Å². The molecule has 0 unspecified atom stereocenters. The van der Waals surface area contributed by atoms with Crippen LogP contribution in [-0.2, 0) is 6.42 Å². The SMILES string of the molecule is CCCNC(=O)c1ccc(NCCCc2ccccc2)cn1. The van der Waals surface area contributed by atoms with E-state index < -0.39 is 0 Å². The molecule has 0 aliphatic heterocycles. The summed E-state index contributed by atoms with van der Waals surface area (Å²) in [5.74, 6) is -0.113. The molecule has 0 saturated heterocycles. The number of benzene rings is 1. The Balaban J connectivity index is 1.73. The number of pyridine rings is 1. The van der Waals surface area contributed by atoms with Crippen LogP contribution in [0.1, 0.15) is 35.8 Å². The molecular formula is C18H23N3O. The summed E-state index contributed by atoms with van der Waals surface area (Å²) < 4.78 is 0. The average molecular weight is 297 g/mol. The van der Waals surface area contributed by atoms with Crippen molar-refractivity contribution >= 4 is 11.6 Å². The van der Waals surface area contributed by atoms with Gasteiger partial charge in [0.15, 0.2) is 0 Å². The molecule has 0 bridgehead atoms. The maximum absolute atomic E-state index is 11.7. The van der Waals surface area contributed by atoms with Crippen molar-refractivity contribution in [3.8, 4) is 0 Å². The van der Waals surface area contributed by atoms with Gasteiger partial charge in [0.2, 0.25) is 0 Å². The predicted molar refractivity (Wildman–Crippen MR) is 90.1 cm³/mol. The number of nitrogens with one attached hydrogen (secondary N) is 2. The van der Waals surface area contributed by atoms with Gasteiger partial charge in [-0.15, -0.1) is 0 Å². The van der Waals surface area contributed by atoms with E-state index in [4.69, 9.17) is 0 Å². The van der Waals surface area contributed by atoms with Crippen molar-refractivity contribution in [2.45, 2.75) is 26.2 Å². The number of nitrogens with zero attached hydrogens (tertiary/aromatic N) is 1. The first-order chi connectivity index (χ1) is 10.8. The second kappa shape index (κ2) is 8.82. The van der Waals surface area contributed by atoms with Gasteiger partial charge in [0.05, 0.1) is 11.9 Å². The summed E-state index contributed by atoms with van der Waals surface area (Å²) in [5.41, 5.74) is 2.76. The molecule has 1 amide bonds. The number of aromatic nitrogens is 1. The summed E-state index contributed by atoms with van der Waals surface area (Å²) >= 11 is 0. The van der Waals surface area contributed by atoms with E-state index in [1.54, 1.807) is 12.3 Å². The first-order valence-corrected chi connectivity index (χ1v) is 7.81. The highest BCUT2D eigenvalue weighted by molar-refractivity contribution is 5.92. The average Bonchev–Trinajstić information content (AvgIpc) is 2.58. The quantitative estimate of drug-likeness (QED) is 0.735. The molecule has 0 aliphatic carbocycles. The Labute approximate surface area is 132 Å². The first-order valence-electron chi connectivity index (χ1n) is 7.81. The lowest BCUT2D eigenvalue weighted by Gasteiger charge is -2.07. The Morgan fingerprint density at radius 2 is 1.91 bits per heavy atom. The summed E-state index contributed by atoms with van der Waals surface area (Å²) in [7, 11) is 0. The first kappa shape index (κ1) is 16.0. The highest BCUT2D eigenvalue weighted by Gasteiger charge is 2.05. The zero-order valence-electron chi connectivity index (χ0n) is 13.0. The predicted octanol–water partition coefficient (Wildman–Crippen LogP) is 3.27. The molecule has 4 nitrogen and oxygen atoms in total. The number of hydrogen-bond acceptors (Lipinski definition) is 3. The van der Waals surface area contributed by atoms with Gasteiger partial charge >= 0.3 is 0 Å². The Hall–Kier alpha value is -2.36. The molecular weight excluding hydrogens is 274 g/mol. The van der Waals surface area contributed by atoms with Gasteiger partial charge in [0, 0.05) is 13.1 Å². The minimum atomic E-state index is -0.113. The fourth-order valence-corrected chi connectivity index (χ4v) is 2.13. The van der Waals surface area contributed by atoms with E-state index in [0.717, 1.165) is 31.5 Å². The fourth-order valence-electron chi connectivity index (χ4n) is 2.13. The molecule has 2 N–H and O–H groups in total. The van der Waals surface area contributed by atoms with Crippen molar-refractivity contribution in [3.63, 3.8) is 0 Å². The van der Waals surface area contributed by atoms with Gasteiger partial charge in [-0.05, 0) is 37.0 Å². The van der Waals surface area contributed by atoms with E-state index >= 15 is 0 Å². The van der Waals surface area contributed by atoms with E-state index in [2.05, 4.69) is 39.9 Å². The number of amides is 1. The number of rotatable bonds is 8.